The topological polar surface area (TPSA) is 21.1 Å². The molecule has 1 aliphatic heterocycles. The molecule has 20 heavy (non-hydrogen) atoms. The van der Waals surface area contributed by atoms with Gasteiger partial charge in [-0.3, -0.25) is 4.90 Å². The number of likely N-dealkylation sites (tertiary alicyclic amines) is 1. The molecule has 0 spiro atoms. The lowest BCUT2D eigenvalue weighted by Crippen LogP contribution is -2.34. The molecule has 1 aliphatic rings. The Hall–Kier alpha value is -1.61. The van der Waals surface area contributed by atoms with Gasteiger partial charge in [0.25, 0.3) is 0 Å². The Morgan fingerprint density at radius 2 is 1.90 bits per heavy atom. The standard InChI is InChI=1S/C17H23N3/c1-15-18-9-12-20(15)14-17-7-10-19(11-8-17)13-16-5-3-2-4-6-16/h2-6,9,12,17H,7-8,10-11,13-14H2,1H3. The third-order valence-corrected chi connectivity index (χ3v) is 4.33. The highest BCUT2D eigenvalue weighted by atomic mass is 15.1. The highest BCUT2D eigenvalue weighted by molar-refractivity contribution is 5.14. The third kappa shape index (κ3) is 3.28. The molecule has 0 radical (unpaired) electrons. The summed E-state index contributed by atoms with van der Waals surface area (Å²) in [5.74, 6) is 1.94. The summed E-state index contributed by atoms with van der Waals surface area (Å²) in [5.41, 5.74) is 1.43. The van der Waals surface area contributed by atoms with Crippen molar-refractivity contribution in [3.63, 3.8) is 0 Å². The quantitative estimate of drug-likeness (QED) is 0.850. The normalized spacial score (nSPS) is 17.4. The predicted molar refractivity (Wildman–Crippen MR) is 81.4 cm³/mol. The van der Waals surface area contributed by atoms with Gasteiger partial charge in [0.1, 0.15) is 5.82 Å². The molecule has 1 aromatic heterocycles. The molecule has 0 aliphatic carbocycles. The van der Waals surface area contributed by atoms with E-state index >= 15 is 0 Å². The van der Waals surface area contributed by atoms with Crippen LogP contribution in [0.2, 0.25) is 0 Å². The van der Waals surface area contributed by atoms with Crippen LogP contribution in [0, 0.1) is 12.8 Å². The van der Waals surface area contributed by atoms with Gasteiger partial charge in [-0.05, 0) is 44.3 Å². The third-order valence-electron chi connectivity index (χ3n) is 4.33. The van der Waals surface area contributed by atoms with Crippen LogP contribution in [0.1, 0.15) is 24.2 Å². The Kier molecular flexibility index (Phi) is 4.16. The van der Waals surface area contributed by atoms with Crippen molar-refractivity contribution in [3.05, 3.63) is 54.1 Å². The van der Waals surface area contributed by atoms with E-state index in [1.807, 2.05) is 6.20 Å². The van der Waals surface area contributed by atoms with Crippen LogP contribution in [0.4, 0.5) is 0 Å². The highest BCUT2D eigenvalue weighted by Crippen LogP contribution is 2.21. The van der Waals surface area contributed by atoms with E-state index in [1.54, 1.807) is 0 Å². The molecule has 3 rings (SSSR count). The van der Waals surface area contributed by atoms with E-state index in [9.17, 15) is 0 Å². The number of imidazole rings is 1. The van der Waals surface area contributed by atoms with Gasteiger partial charge in [-0.1, -0.05) is 30.3 Å². The second kappa shape index (κ2) is 6.23. The zero-order chi connectivity index (χ0) is 13.8. The molecule has 2 heterocycles. The van der Waals surface area contributed by atoms with Gasteiger partial charge in [0.2, 0.25) is 0 Å². The number of aryl methyl sites for hydroxylation is 1. The molecule has 0 saturated carbocycles. The molecule has 0 bridgehead atoms. The first-order chi connectivity index (χ1) is 9.81. The van der Waals surface area contributed by atoms with Gasteiger partial charge < -0.3 is 4.57 Å². The van der Waals surface area contributed by atoms with Crippen LogP contribution >= 0.6 is 0 Å². The Morgan fingerprint density at radius 1 is 1.15 bits per heavy atom. The first-order valence-electron chi connectivity index (χ1n) is 7.55. The summed E-state index contributed by atoms with van der Waals surface area (Å²) in [5, 5.41) is 0. The van der Waals surface area contributed by atoms with Crippen LogP contribution in [0.3, 0.4) is 0 Å². The molecule has 1 aromatic carbocycles. The molecule has 2 aromatic rings. The number of hydrogen-bond acceptors (Lipinski definition) is 2. The smallest absolute Gasteiger partial charge is 0.105 e. The number of rotatable bonds is 4. The van der Waals surface area contributed by atoms with Crippen molar-refractivity contribution in [2.45, 2.75) is 32.9 Å². The maximum Gasteiger partial charge on any atom is 0.105 e. The first-order valence-corrected chi connectivity index (χ1v) is 7.55. The van der Waals surface area contributed by atoms with E-state index in [0.717, 1.165) is 24.8 Å². The first kappa shape index (κ1) is 13.4. The Bertz CT molecular complexity index is 524. The second-order valence-electron chi connectivity index (χ2n) is 5.83. The van der Waals surface area contributed by atoms with Crippen molar-refractivity contribution in [3.8, 4) is 0 Å². The van der Waals surface area contributed by atoms with Crippen molar-refractivity contribution in [1.29, 1.82) is 0 Å². The van der Waals surface area contributed by atoms with Crippen LogP contribution in [0.15, 0.2) is 42.7 Å². The molecule has 1 fully saturated rings. The van der Waals surface area contributed by atoms with Crippen LogP contribution in [-0.2, 0) is 13.1 Å². The number of aromatic nitrogens is 2. The molecular weight excluding hydrogens is 246 g/mol. The van der Waals surface area contributed by atoms with Gasteiger partial charge in [-0.25, -0.2) is 4.98 Å². The summed E-state index contributed by atoms with van der Waals surface area (Å²) in [4.78, 5) is 6.88. The average molecular weight is 269 g/mol. The zero-order valence-corrected chi connectivity index (χ0v) is 12.2. The fraction of sp³-hybridized carbons (Fsp3) is 0.471. The molecule has 0 atom stereocenters. The van der Waals surface area contributed by atoms with E-state index in [-0.39, 0.29) is 0 Å². The lowest BCUT2D eigenvalue weighted by atomic mass is 9.96. The highest BCUT2D eigenvalue weighted by Gasteiger charge is 2.19. The van der Waals surface area contributed by atoms with Gasteiger partial charge in [0.15, 0.2) is 0 Å². The van der Waals surface area contributed by atoms with Crippen LogP contribution < -0.4 is 0 Å². The van der Waals surface area contributed by atoms with Crippen LogP contribution in [-0.4, -0.2) is 27.5 Å². The zero-order valence-electron chi connectivity index (χ0n) is 12.2. The Morgan fingerprint density at radius 3 is 2.55 bits per heavy atom. The lowest BCUT2D eigenvalue weighted by molar-refractivity contribution is 0.166. The fourth-order valence-corrected chi connectivity index (χ4v) is 3.04. The molecule has 3 nitrogen and oxygen atoms in total. The number of nitrogens with zero attached hydrogens (tertiary/aromatic N) is 3. The van der Waals surface area contributed by atoms with Crippen molar-refractivity contribution >= 4 is 0 Å². The molecular formula is C17H23N3. The summed E-state index contributed by atoms with van der Waals surface area (Å²) in [6.07, 6.45) is 6.60. The molecule has 0 amide bonds. The fourth-order valence-electron chi connectivity index (χ4n) is 3.04. The molecule has 106 valence electrons. The minimum atomic E-state index is 0.801. The minimum Gasteiger partial charge on any atom is -0.335 e. The van der Waals surface area contributed by atoms with Crippen molar-refractivity contribution < 1.29 is 0 Å². The van der Waals surface area contributed by atoms with Gasteiger partial charge in [-0.15, -0.1) is 0 Å². The molecule has 0 unspecified atom stereocenters. The summed E-state index contributed by atoms with van der Waals surface area (Å²) < 4.78 is 2.29. The summed E-state index contributed by atoms with van der Waals surface area (Å²) >= 11 is 0. The van der Waals surface area contributed by atoms with Crippen molar-refractivity contribution in [2.75, 3.05) is 13.1 Å². The predicted octanol–water partition coefficient (Wildman–Crippen LogP) is 3.10. The number of benzene rings is 1. The van der Waals surface area contributed by atoms with Gasteiger partial charge >= 0.3 is 0 Å². The molecule has 3 heteroatoms. The Labute approximate surface area is 121 Å². The Balaban J connectivity index is 1.49. The maximum atomic E-state index is 4.31. The molecule has 0 N–H and O–H groups in total. The summed E-state index contributed by atoms with van der Waals surface area (Å²) in [6.45, 7) is 6.74. The minimum absolute atomic E-state index is 0.801. The van der Waals surface area contributed by atoms with Crippen molar-refractivity contribution in [2.24, 2.45) is 5.92 Å². The van der Waals surface area contributed by atoms with Crippen molar-refractivity contribution in [1.82, 2.24) is 14.5 Å². The summed E-state index contributed by atoms with van der Waals surface area (Å²) in [6, 6.07) is 10.8. The van der Waals surface area contributed by atoms with E-state index in [1.165, 1.54) is 31.5 Å². The summed E-state index contributed by atoms with van der Waals surface area (Å²) in [7, 11) is 0. The van der Waals surface area contributed by atoms with Gasteiger partial charge in [0.05, 0.1) is 0 Å². The van der Waals surface area contributed by atoms with Gasteiger partial charge in [-0.2, -0.15) is 0 Å². The maximum absolute atomic E-state index is 4.31. The average Bonchev–Trinajstić information content (AvgIpc) is 2.88. The van der Waals surface area contributed by atoms with E-state index in [2.05, 4.69) is 57.9 Å². The van der Waals surface area contributed by atoms with E-state index in [4.69, 9.17) is 0 Å². The molecule has 1 saturated heterocycles. The number of piperidine rings is 1. The largest absolute Gasteiger partial charge is 0.335 e. The van der Waals surface area contributed by atoms with Crippen LogP contribution in [0.25, 0.3) is 0 Å². The lowest BCUT2D eigenvalue weighted by Gasteiger charge is -2.32. The van der Waals surface area contributed by atoms with E-state index in [0.29, 0.717) is 0 Å². The van der Waals surface area contributed by atoms with Gasteiger partial charge in [0, 0.05) is 25.5 Å². The van der Waals surface area contributed by atoms with Crippen LogP contribution in [0.5, 0.6) is 0 Å². The monoisotopic (exact) mass is 269 g/mol. The second-order valence-corrected chi connectivity index (χ2v) is 5.83. The number of hydrogen-bond donors (Lipinski definition) is 0. The SMILES string of the molecule is Cc1nccn1CC1CCN(Cc2ccccc2)CC1. The van der Waals surface area contributed by atoms with E-state index < -0.39 is 0 Å².